The Hall–Kier alpha value is -2.57. The molecule has 0 radical (unpaired) electrons. The standard InChI is InChI=1S/C15H18N4O3/c1-3-6-16-14(20)9-18-15(21)11-8-12-10(5-7-22-12)19(11)13(4-2)17-18/h5,7-8H,3-4,6,9H2,1-2H3,(H,16,20). The number of carbonyl (C=O) groups is 1. The van der Waals surface area contributed by atoms with Crippen molar-refractivity contribution >= 4 is 22.5 Å². The van der Waals surface area contributed by atoms with Crippen LogP contribution in [0.5, 0.6) is 0 Å². The van der Waals surface area contributed by atoms with Crippen molar-refractivity contribution < 1.29 is 9.21 Å². The molecule has 0 aliphatic heterocycles. The highest BCUT2D eigenvalue weighted by Crippen LogP contribution is 2.20. The van der Waals surface area contributed by atoms with Gasteiger partial charge in [0.2, 0.25) is 5.91 Å². The summed E-state index contributed by atoms with van der Waals surface area (Å²) in [5.41, 5.74) is 1.64. The minimum absolute atomic E-state index is 0.0745. The van der Waals surface area contributed by atoms with Gasteiger partial charge >= 0.3 is 0 Å². The number of aryl methyl sites for hydroxylation is 1. The number of hydrogen-bond donors (Lipinski definition) is 1. The first-order valence-corrected chi connectivity index (χ1v) is 7.41. The zero-order valence-corrected chi connectivity index (χ0v) is 12.6. The number of carbonyl (C=O) groups excluding carboxylic acids is 1. The molecule has 3 heterocycles. The first-order chi connectivity index (χ1) is 10.7. The largest absolute Gasteiger partial charge is 0.463 e. The molecule has 22 heavy (non-hydrogen) atoms. The number of rotatable bonds is 5. The van der Waals surface area contributed by atoms with Crippen molar-refractivity contribution in [3.63, 3.8) is 0 Å². The van der Waals surface area contributed by atoms with Crippen molar-refractivity contribution in [2.75, 3.05) is 6.54 Å². The van der Waals surface area contributed by atoms with E-state index in [1.165, 1.54) is 4.68 Å². The summed E-state index contributed by atoms with van der Waals surface area (Å²) < 4.78 is 8.37. The predicted octanol–water partition coefficient (Wildman–Crippen LogP) is 1.33. The molecule has 0 bridgehead atoms. The number of furan rings is 1. The Morgan fingerprint density at radius 2 is 2.18 bits per heavy atom. The predicted molar refractivity (Wildman–Crippen MR) is 81.9 cm³/mol. The average molecular weight is 302 g/mol. The van der Waals surface area contributed by atoms with Crippen LogP contribution >= 0.6 is 0 Å². The molecule has 0 fully saturated rings. The van der Waals surface area contributed by atoms with Gasteiger partial charge in [0.1, 0.15) is 17.9 Å². The molecule has 0 spiro atoms. The Bertz CT molecular complexity index is 887. The number of nitrogens with zero attached hydrogens (tertiary/aromatic N) is 3. The maximum absolute atomic E-state index is 12.5. The van der Waals surface area contributed by atoms with Crippen LogP contribution in [0.15, 0.2) is 27.6 Å². The molecule has 0 saturated heterocycles. The van der Waals surface area contributed by atoms with Crippen molar-refractivity contribution in [1.29, 1.82) is 0 Å². The van der Waals surface area contributed by atoms with E-state index in [1.807, 2.05) is 13.8 Å². The van der Waals surface area contributed by atoms with E-state index in [0.717, 1.165) is 11.9 Å². The second-order valence-electron chi connectivity index (χ2n) is 5.12. The van der Waals surface area contributed by atoms with E-state index >= 15 is 0 Å². The number of aromatic nitrogens is 3. The summed E-state index contributed by atoms with van der Waals surface area (Å²) in [6.45, 7) is 4.45. The molecule has 1 N–H and O–H groups in total. The molecular weight excluding hydrogens is 284 g/mol. The van der Waals surface area contributed by atoms with E-state index < -0.39 is 0 Å². The fraction of sp³-hybridized carbons (Fsp3) is 0.400. The van der Waals surface area contributed by atoms with Crippen LogP contribution in [0.25, 0.3) is 16.6 Å². The molecular formula is C15H18N4O3. The third-order valence-electron chi connectivity index (χ3n) is 3.55. The Balaban J connectivity index is 2.10. The zero-order valence-electron chi connectivity index (χ0n) is 12.6. The van der Waals surface area contributed by atoms with Crippen molar-refractivity contribution in [2.45, 2.75) is 33.2 Å². The van der Waals surface area contributed by atoms with E-state index in [1.54, 1.807) is 22.8 Å². The Kier molecular flexibility index (Phi) is 3.70. The number of hydrogen-bond acceptors (Lipinski definition) is 4. The summed E-state index contributed by atoms with van der Waals surface area (Å²) >= 11 is 0. The van der Waals surface area contributed by atoms with Crippen LogP contribution in [0.2, 0.25) is 0 Å². The highest BCUT2D eigenvalue weighted by molar-refractivity contribution is 5.82. The molecule has 0 saturated carbocycles. The van der Waals surface area contributed by atoms with Crippen LogP contribution in [-0.4, -0.2) is 26.6 Å². The average Bonchev–Trinajstić information content (AvgIpc) is 3.09. The van der Waals surface area contributed by atoms with Crippen LogP contribution in [-0.2, 0) is 17.8 Å². The first kappa shape index (κ1) is 14.4. The summed E-state index contributed by atoms with van der Waals surface area (Å²) in [4.78, 5) is 24.4. The second kappa shape index (κ2) is 5.67. The van der Waals surface area contributed by atoms with Gasteiger partial charge in [-0.05, 0) is 6.42 Å². The molecule has 3 aromatic rings. The van der Waals surface area contributed by atoms with Crippen LogP contribution < -0.4 is 10.9 Å². The highest BCUT2D eigenvalue weighted by atomic mass is 16.3. The van der Waals surface area contributed by atoms with Gasteiger partial charge in [-0.1, -0.05) is 13.8 Å². The zero-order chi connectivity index (χ0) is 15.7. The molecule has 0 aromatic carbocycles. The molecule has 0 atom stereocenters. The molecule has 3 rings (SSSR count). The molecule has 7 heteroatoms. The van der Waals surface area contributed by atoms with Gasteiger partial charge in [-0.15, -0.1) is 0 Å². The summed E-state index contributed by atoms with van der Waals surface area (Å²) in [7, 11) is 0. The van der Waals surface area contributed by atoms with E-state index in [9.17, 15) is 9.59 Å². The number of amides is 1. The lowest BCUT2D eigenvalue weighted by molar-refractivity contribution is -0.121. The first-order valence-electron chi connectivity index (χ1n) is 7.41. The summed E-state index contributed by atoms with van der Waals surface area (Å²) in [5.74, 6) is 0.507. The van der Waals surface area contributed by atoms with Gasteiger partial charge < -0.3 is 9.73 Å². The van der Waals surface area contributed by atoms with Crippen molar-refractivity contribution in [3.8, 4) is 0 Å². The third-order valence-corrected chi connectivity index (χ3v) is 3.55. The van der Waals surface area contributed by atoms with Gasteiger partial charge in [0.05, 0.1) is 11.8 Å². The topological polar surface area (TPSA) is 81.5 Å². The van der Waals surface area contributed by atoms with Gasteiger partial charge in [-0.3, -0.25) is 14.0 Å². The molecule has 3 aromatic heterocycles. The molecule has 1 amide bonds. The lowest BCUT2D eigenvalue weighted by atomic mass is 10.4. The highest BCUT2D eigenvalue weighted by Gasteiger charge is 2.16. The van der Waals surface area contributed by atoms with Crippen LogP contribution in [0.3, 0.4) is 0 Å². The maximum atomic E-state index is 12.5. The summed E-state index contributed by atoms with van der Waals surface area (Å²) in [6, 6.07) is 3.50. The molecule has 0 unspecified atom stereocenters. The van der Waals surface area contributed by atoms with Gasteiger partial charge in [0.25, 0.3) is 5.56 Å². The fourth-order valence-electron chi connectivity index (χ4n) is 2.51. The van der Waals surface area contributed by atoms with E-state index in [2.05, 4.69) is 10.4 Å². The SMILES string of the molecule is CCCNC(=O)Cn1nc(CC)n2c(cc3occc32)c1=O. The van der Waals surface area contributed by atoms with Crippen LogP contribution in [0, 0.1) is 0 Å². The van der Waals surface area contributed by atoms with Crippen LogP contribution in [0.4, 0.5) is 0 Å². The monoisotopic (exact) mass is 302 g/mol. The second-order valence-corrected chi connectivity index (χ2v) is 5.12. The normalized spacial score (nSPS) is 11.4. The lowest BCUT2D eigenvalue weighted by Crippen LogP contribution is -2.35. The molecule has 0 aliphatic carbocycles. The third kappa shape index (κ3) is 2.28. The van der Waals surface area contributed by atoms with Crippen molar-refractivity contribution in [2.24, 2.45) is 0 Å². The van der Waals surface area contributed by atoms with Crippen molar-refractivity contribution in [3.05, 3.63) is 34.6 Å². The lowest BCUT2D eigenvalue weighted by Gasteiger charge is -2.09. The molecule has 7 nitrogen and oxygen atoms in total. The van der Waals surface area contributed by atoms with Crippen molar-refractivity contribution in [1.82, 2.24) is 19.5 Å². The number of fused-ring (bicyclic) bond motifs is 3. The Morgan fingerprint density at radius 1 is 1.36 bits per heavy atom. The molecule has 116 valence electrons. The minimum Gasteiger partial charge on any atom is -0.463 e. The van der Waals surface area contributed by atoms with Gasteiger partial charge in [-0.2, -0.15) is 5.10 Å². The van der Waals surface area contributed by atoms with E-state index in [-0.39, 0.29) is 18.0 Å². The molecule has 0 aliphatic rings. The smallest absolute Gasteiger partial charge is 0.291 e. The maximum Gasteiger partial charge on any atom is 0.291 e. The van der Waals surface area contributed by atoms with Gasteiger partial charge in [-0.25, -0.2) is 4.68 Å². The van der Waals surface area contributed by atoms with Gasteiger partial charge in [0, 0.05) is 25.1 Å². The van der Waals surface area contributed by atoms with E-state index in [4.69, 9.17) is 4.42 Å². The summed E-state index contributed by atoms with van der Waals surface area (Å²) in [6.07, 6.45) is 3.07. The summed E-state index contributed by atoms with van der Waals surface area (Å²) in [5, 5.41) is 7.08. The quantitative estimate of drug-likeness (QED) is 0.771. The van der Waals surface area contributed by atoms with Crippen LogP contribution in [0.1, 0.15) is 26.1 Å². The Labute approximate surface area is 126 Å². The fourth-order valence-corrected chi connectivity index (χ4v) is 2.51. The number of nitrogens with one attached hydrogen (secondary N) is 1. The Morgan fingerprint density at radius 3 is 2.91 bits per heavy atom. The van der Waals surface area contributed by atoms with Gasteiger partial charge in [0.15, 0.2) is 5.58 Å². The van der Waals surface area contributed by atoms with E-state index in [0.29, 0.717) is 29.9 Å². The minimum atomic E-state index is -0.296.